The van der Waals surface area contributed by atoms with E-state index in [0.717, 1.165) is 27.9 Å². The molecule has 23 heavy (non-hydrogen) atoms. The quantitative estimate of drug-likeness (QED) is 0.369. The highest BCUT2D eigenvalue weighted by Gasteiger charge is 2.53. The number of rotatable bonds is 4. The van der Waals surface area contributed by atoms with Gasteiger partial charge in [-0.05, 0) is 0 Å². The second-order valence-electron chi connectivity index (χ2n) is 4.65. The molecule has 0 amide bonds. The number of hydrogen-bond donors (Lipinski definition) is 0. The second kappa shape index (κ2) is 8.25. The number of halogens is 1. The molecule has 10 heteroatoms. The Bertz CT molecular complexity index is 492. The Morgan fingerprint density at radius 2 is 1.26 bits per heavy atom. The van der Waals surface area contributed by atoms with Gasteiger partial charge in [0.25, 0.3) is 0 Å². The van der Waals surface area contributed by atoms with Gasteiger partial charge in [0.2, 0.25) is 0 Å². The first-order valence-electron chi connectivity index (χ1n) is 6.56. The molecule has 0 radical (unpaired) electrons. The van der Waals surface area contributed by atoms with Crippen LogP contribution in [-0.2, 0) is 42.9 Å². The predicted octanol–water partition coefficient (Wildman–Crippen LogP) is 0.0743. The van der Waals surface area contributed by atoms with Crippen molar-refractivity contribution in [1.82, 2.24) is 0 Å². The van der Waals surface area contributed by atoms with Gasteiger partial charge in [-0.15, -0.1) is 0 Å². The van der Waals surface area contributed by atoms with Crippen molar-refractivity contribution in [2.24, 2.45) is 0 Å². The zero-order valence-corrected chi connectivity index (χ0v) is 14.5. The molecule has 1 aliphatic rings. The molecule has 1 saturated heterocycles. The van der Waals surface area contributed by atoms with Crippen LogP contribution in [0.1, 0.15) is 20.8 Å². The summed E-state index contributed by atoms with van der Waals surface area (Å²) in [6.07, 6.45) is -5.06. The summed E-state index contributed by atoms with van der Waals surface area (Å²) < 4.78 is 25.2. The fourth-order valence-corrected chi connectivity index (χ4v) is 2.71. The van der Waals surface area contributed by atoms with Crippen molar-refractivity contribution in [3.8, 4) is 0 Å². The molecule has 9 nitrogen and oxygen atoms in total. The van der Waals surface area contributed by atoms with E-state index in [1.54, 1.807) is 0 Å². The number of carbonyl (C=O) groups excluding carboxylic acids is 4. The molecule has 0 aromatic carbocycles. The molecule has 1 aliphatic heterocycles. The van der Waals surface area contributed by atoms with E-state index in [2.05, 4.69) is 20.7 Å². The molecule has 0 saturated carbocycles. The van der Waals surface area contributed by atoms with Crippen LogP contribution in [0.5, 0.6) is 0 Å². The Labute approximate surface area is 140 Å². The van der Waals surface area contributed by atoms with Crippen molar-refractivity contribution in [2.45, 2.75) is 50.2 Å². The minimum atomic E-state index is -1.36. The Balaban J connectivity index is 3.21. The molecule has 3 unspecified atom stereocenters. The van der Waals surface area contributed by atoms with Gasteiger partial charge in [-0.25, -0.2) is 4.79 Å². The molecular weight excluding hydrogens is 380 g/mol. The van der Waals surface area contributed by atoms with Crippen molar-refractivity contribution in [3.05, 3.63) is 0 Å². The van der Waals surface area contributed by atoms with Gasteiger partial charge in [-0.2, -0.15) is 0 Å². The van der Waals surface area contributed by atoms with Gasteiger partial charge in [0.15, 0.2) is 29.4 Å². The topological polar surface area (TPSA) is 114 Å². The molecule has 1 rings (SSSR count). The summed E-state index contributed by atoms with van der Waals surface area (Å²) in [6, 6.07) is 0. The van der Waals surface area contributed by atoms with E-state index in [1.165, 1.54) is 0 Å². The largest absolute Gasteiger partial charge is 0.467 e. The van der Waals surface area contributed by atoms with Gasteiger partial charge in [0.1, 0.15) is 0 Å². The Hall–Kier alpha value is -1.68. The van der Waals surface area contributed by atoms with Gasteiger partial charge in [0, 0.05) is 20.8 Å². The van der Waals surface area contributed by atoms with E-state index in [4.69, 9.17) is 18.9 Å². The second-order valence-corrected chi connectivity index (χ2v) is 5.56. The van der Waals surface area contributed by atoms with Crippen LogP contribution in [0, 0.1) is 0 Å². The maximum absolute atomic E-state index is 11.9. The van der Waals surface area contributed by atoms with Crippen LogP contribution in [-0.4, -0.2) is 60.4 Å². The van der Waals surface area contributed by atoms with Crippen LogP contribution in [0.15, 0.2) is 0 Å². The third-order valence-electron chi connectivity index (χ3n) is 2.82. The molecule has 130 valence electrons. The summed E-state index contributed by atoms with van der Waals surface area (Å²) in [5.41, 5.74) is 0. The van der Waals surface area contributed by atoms with Crippen molar-refractivity contribution < 1.29 is 42.9 Å². The van der Waals surface area contributed by atoms with Crippen LogP contribution in [0.2, 0.25) is 0 Å². The van der Waals surface area contributed by atoms with Gasteiger partial charge < -0.3 is 23.7 Å². The number of methoxy groups -OCH3 is 1. The van der Waals surface area contributed by atoms with E-state index < -0.39 is 53.3 Å². The first-order chi connectivity index (χ1) is 10.7. The highest BCUT2D eigenvalue weighted by Crippen LogP contribution is 2.31. The minimum Gasteiger partial charge on any atom is -0.467 e. The SMILES string of the molecule is COC(=O)C1O[C@H](Br)C(OC(C)=O)C(OC(C)=O)[C@@H]1OC(C)=O. The Kier molecular flexibility index (Phi) is 6.95. The lowest BCUT2D eigenvalue weighted by atomic mass is 9.99. The highest BCUT2D eigenvalue weighted by atomic mass is 79.9. The summed E-state index contributed by atoms with van der Waals surface area (Å²) in [6.45, 7) is 3.39. The molecule has 0 N–H and O–H groups in total. The molecule has 0 aliphatic carbocycles. The van der Waals surface area contributed by atoms with Crippen LogP contribution >= 0.6 is 15.9 Å². The van der Waals surface area contributed by atoms with Crippen LogP contribution in [0.3, 0.4) is 0 Å². The van der Waals surface area contributed by atoms with Gasteiger partial charge in [0.05, 0.1) is 7.11 Å². The lowest BCUT2D eigenvalue weighted by Gasteiger charge is -2.41. The average molecular weight is 397 g/mol. The smallest absolute Gasteiger partial charge is 0.339 e. The number of ether oxygens (including phenoxy) is 5. The molecule has 0 spiro atoms. The molecule has 0 aromatic rings. The highest BCUT2D eigenvalue weighted by molar-refractivity contribution is 9.09. The minimum absolute atomic E-state index is 0.668. The first-order valence-corrected chi connectivity index (χ1v) is 7.48. The summed E-state index contributed by atoms with van der Waals surface area (Å²) >= 11 is 3.11. The van der Waals surface area contributed by atoms with Gasteiger partial charge in [-0.1, -0.05) is 15.9 Å². The van der Waals surface area contributed by atoms with Crippen LogP contribution < -0.4 is 0 Å². The van der Waals surface area contributed by atoms with Gasteiger partial charge in [-0.3, -0.25) is 14.4 Å². The monoisotopic (exact) mass is 396 g/mol. The number of carbonyl (C=O) groups is 4. The van der Waals surface area contributed by atoms with Crippen molar-refractivity contribution in [3.63, 3.8) is 0 Å². The standard InChI is InChI=1S/C13H17BrO9/c1-5(15)20-8-9(21-6(2)16)11(13(18)19-4)23-12(14)10(8)22-7(3)17/h8-12H,1-4H3/t8?,9-,10?,11?,12-/m0/s1. The zero-order valence-electron chi connectivity index (χ0n) is 12.9. The van der Waals surface area contributed by atoms with Gasteiger partial charge >= 0.3 is 23.9 Å². The van der Waals surface area contributed by atoms with E-state index in [0.29, 0.717) is 0 Å². The van der Waals surface area contributed by atoms with Crippen molar-refractivity contribution >= 4 is 39.8 Å². The van der Waals surface area contributed by atoms with E-state index >= 15 is 0 Å². The molecule has 5 atom stereocenters. The first kappa shape index (κ1) is 19.4. The molecule has 0 aromatic heterocycles. The van der Waals surface area contributed by atoms with Crippen LogP contribution in [0.25, 0.3) is 0 Å². The lowest BCUT2D eigenvalue weighted by Crippen LogP contribution is -2.61. The lowest BCUT2D eigenvalue weighted by molar-refractivity contribution is -0.234. The van der Waals surface area contributed by atoms with E-state index in [-0.39, 0.29) is 0 Å². The summed E-state index contributed by atoms with van der Waals surface area (Å²) in [5.74, 6) is -2.95. The van der Waals surface area contributed by atoms with Crippen LogP contribution in [0.4, 0.5) is 0 Å². The Morgan fingerprint density at radius 3 is 1.70 bits per heavy atom. The van der Waals surface area contributed by atoms with E-state index in [1.807, 2.05) is 0 Å². The fraction of sp³-hybridized carbons (Fsp3) is 0.692. The summed E-state index contributed by atoms with van der Waals surface area (Å²) in [4.78, 5) is 45.8. The maximum atomic E-state index is 11.9. The number of alkyl halides is 1. The third-order valence-corrected chi connectivity index (χ3v) is 3.56. The zero-order chi connectivity index (χ0) is 17.7. The van der Waals surface area contributed by atoms with Crippen molar-refractivity contribution in [1.29, 1.82) is 0 Å². The molecule has 0 bridgehead atoms. The molecule has 1 heterocycles. The fourth-order valence-electron chi connectivity index (χ4n) is 2.07. The normalized spacial score (nSPS) is 30.0. The maximum Gasteiger partial charge on any atom is 0.339 e. The molecular formula is C13H17BrO9. The molecule has 1 fully saturated rings. The predicted molar refractivity (Wildman–Crippen MR) is 76.3 cm³/mol. The summed E-state index contributed by atoms with van der Waals surface area (Å²) in [7, 11) is 1.12. The third kappa shape index (κ3) is 5.17. The average Bonchev–Trinajstić information content (AvgIpc) is 2.43. The summed E-state index contributed by atoms with van der Waals surface area (Å²) in [5, 5.41) is -0.980. The number of esters is 4. The Morgan fingerprint density at radius 1 is 0.826 bits per heavy atom. The van der Waals surface area contributed by atoms with E-state index in [9.17, 15) is 19.2 Å². The van der Waals surface area contributed by atoms with Crippen molar-refractivity contribution in [2.75, 3.05) is 7.11 Å². The number of hydrogen-bond acceptors (Lipinski definition) is 9.